The van der Waals surface area contributed by atoms with Gasteiger partial charge in [0.1, 0.15) is 0 Å². The second kappa shape index (κ2) is 5.47. The highest BCUT2D eigenvalue weighted by Crippen LogP contribution is 2.21. The molecule has 1 saturated heterocycles. The quantitative estimate of drug-likeness (QED) is 0.712. The van der Waals surface area contributed by atoms with Crippen LogP contribution in [0.2, 0.25) is 0 Å². The summed E-state index contributed by atoms with van der Waals surface area (Å²) in [5, 5.41) is 9.77. The molecule has 0 aromatic heterocycles. The Morgan fingerprint density at radius 2 is 2.33 bits per heavy atom. The molecule has 0 aromatic carbocycles. The summed E-state index contributed by atoms with van der Waals surface area (Å²) < 4.78 is 0. The molecule has 0 aliphatic carbocycles. The minimum absolute atomic E-state index is 0.00278. The molecule has 1 aliphatic heterocycles. The topological polar surface area (TPSA) is 66.6 Å². The molecule has 3 atom stereocenters. The van der Waals surface area contributed by atoms with E-state index in [1.54, 1.807) is 11.8 Å². The number of nitrogens with zero attached hydrogens (tertiary/aromatic N) is 1. The average Bonchev–Trinajstić information content (AvgIpc) is 2.20. The Hall–Kier alpha value is -0.610. The van der Waals surface area contributed by atoms with Crippen molar-refractivity contribution in [1.29, 1.82) is 0 Å². The first kappa shape index (κ1) is 12.5. The van der Waals surface area contributed by atoms with Crippen molar-refractivity contribution in [2.24, 2.45) is 11.7 Å². The predicted octanol–water partition coefficient (Wildman–Crippen LogP) is 0.343. The molecule has 1 fully saturated rings. The van der Waals surface area contributed by atoms with Crippen LogP contribution >= 0.6 is 0 Å². The van der Waals surface area contributed by atoms with Crippen LogP contribution in [-0.2, 0) is 4.79 Å². The number of aliphatic hydroxyl groups excluding tert-OH is 1. The van der Waals surface area contributed by atoms with Gasteiger partial charge in [-0.3, -0.25) is 4.79 Å². The Labute approximate surface area is 91.4 Å². The lowest BCUT2D eigenvalue weighted by Gasteiger charge is -2.37. The van der Waals surface area contributed by atoms with Crippen molar-refractivity contribution >= 4 is 5.91 Å². The van der Waals surface area contributed by atoms with E-state index in [1.807, 2.05) is 0 Å². The normalized spacial score (nSPS) is 28.9. The molecular weight excluding hydrogens is 192 g/mol. The fraction of sp³-hybridized carbons (Fsp3) is 0.909. The summed E-state index contributed by atoms with van der Waals surface area (Å²) in [5.74, 6) is 0.231. The molecule has 88 valence electrons. The summed E-state index contributed by atoms with van der Waals surface area (Å²) in [7, 11) is 0. The van der Waals surface area contributed by atoms with Crippen LogP contribution < -0.4 is 5.73 Å². The van der Waals surface area contributed by atoms with Crippen LogP contribution in [0, 0.1) is 5.92 Å². The van der Waals surface area contributed by atoms with E-state index in [9.17, 15) is 9.90 Å². The Kier molecular flexibility index (Phi) is 4.54. The number of carbonyl (C=O) groups is 1. The highest BCUT2D eigenvalue weighted by molar-refractivity contribution is 5.81. The molecule has 0 radical (unpaired) electrons. The number of hydrogen-bond donors (Lipinski definition) is 2. The highest BCUT2D eigenvalue weighted by atomic mass is 16.3. The Bertz CT molecular complexity index is 219. The van der Waals surface area contributed by atoms with Gasteiger partial charge in [-0.2, -0.15) is 0 Å². The SMILES string of the molecule is CCC[C@@H]1CN(C(=O)[C@H](C)N)CC[C@H]1O. The predicted molar refractivity (Wildman–Crippen MR) is 59.3 cm³/mol. The first-order valence-corrected chi connectivity index (χ1v) is 5.78. The van der Waals surface area contributed by atoms with E-state index in [2.05, 4.69) is 6.92 Å². The van der Waals surface area contributed by atoms with Gasteiger partial charge in [-0.25, -0.2) is 0 Å². The molecule has 4 heteroatoms. The standard InChI is InChI=1S/C11H22N2O2/c1-3-4-9-7-13(6-5-10(9)14)11(15)8(2)12/h8-10,14H,3-7,12H2,1-2H3/t8-,9+,10+/m0/s1. The maximum atomic E-state index is 11.7. The van der Waals surface area contributed by atoms with Crippen molar-refractivity contribution in [2.75, 3.05) is 13.1 Å². The number of carbonyl (C=O) groups excluding carboxylic acids is 1. The molecule has 1 amide bonds. The first-order chi connectivity index (χ1) is 7.06. The van der Waals surface area contributed by atoms with Crippen LogP contribution in [-0.4, -0.2) is 41.1 Å². The number of amides is 1. The van der Waals surface area contributed by atoms with E-state index >= 15 is 0 Å². The molecule has 0 aromatic rings. The van der Waals surface area contributed by atoms with Crippen molar-refractivity contribution in [2.45, 2.75) is 45.3 Å². The van der Waals surface area contributed by atoms with Crippen LogP contribution in [0.1, 0.15) is 33.1 Å². The Morgan fingerprint density at radius 3 is 2.87 bits per heavy atom. The third kappa shape index (κ3) is 3.18. The van der Waals surface area contributed by atoms with Crippen molar-refractivity contribution in [3.8, 4) is 0 Å². The molecule has 4 nitrogen and oxygen atoms in total. The number of hydrogen-bond acceptors (Lipinski definition) is 3. The maximum absolute atomic E-state index is 11.7. The lowest BCUT2D eigenvalue weighted by molar-refractivity contribution is -0.136. The fourth-order valence-electron chi connectivity index (χ4n) is 2.16. The van der Waals surface area contributed by atoms with E-state index in [-0.39, 0.29) is 17.9 Å². The number of rotatable bonds is 3. The summed E-state index contributed by atoms with van der Waals surface area (Å²) in [6.07, 6.45) is 2.46. The average molecular weight is 214 g/mol. The van der Waals surface area contributed by atoms with Crippen molar-refractivity contribution in [3.05, 3.63) is 0 Å². The second-order valence-corrected chi connectivity index (χ2v) is 4.48. The molecule has 0 spiro atoms. The maximum Gasteiger partial charge on any atom is 0.239 e. The van der Waals surface area contributed by atoms with Crippen molar-refractivity contribution in [3.63, 3.8) is 0 Å². The van der Waals surface area contributed by atoms with Gasteiger partial charge in [0.05, 0.1) is 12.1 Å². The minimum atomic E-state index is -0.428. The summed E-state index contributed by atoms with van der Waals surface area (Å²) in [4.78, 5) is 13.5. The molecule has 3 N–H and O–H groups in total. The van der Waals surface area contributed by atoms with Gasteiger partial charge in [0.2, 0.25) is 5.91 Å². The number of piperidine rings is 1. The molecule has 0 unspecified atom stereocenters. The number of aliphatic hydroxyl groups is 1. The van der Waals surface area contributed by atoms with Crippen molar-refractivity contribution in [1.82, 2.24) is 4.90 Å². The Balaban J connectivity index is 2.53. The van der Waals surface area contributed by atoms with Crippen molar-refractivity contribution < 1.29 is 9.90 Å². The van der Waals surface area contributed by atoms with E-state index < -0.39 is 6.04 Å². The van der Waals surface area contributed by atoms with Crippen LogP contribution in [0.15, 0.2) is 0 Å². The third-order valence-corrected chi connectivity index (χ3v) is 3.05. The third-order valence-electron chi connectivity index (χ3n) is 3.05. The lowest BCUT2D eigenvalue weighted by atomic mass is 9.90. The van der Waals surface area contributed by atoms with Gasteiger partial charge in [0.15, 0.2) is 0 Å². The van der Waals surface area contributed by atoms with Gasteiger partial charge in [-0.05, 0) is 19.8 Å². The second-order valence-electron chi connectivity index (χ2n) is 4.48. The van der Waals surface area contributed by atoms with E-state index in [1.165, 1.54) is 0 Å². The lowest BCUT2D eigenvalue weighted by Crippen LogP contribution is -2.50. The van der Waals surface area contributed by atoms with Gasteiger partial charge >= 0.3 is 0 Å². The van der Waals surface area contributed by atoms with Gasteiger partial charge in [0.25, 0.3) is 0 Å². The molecule has 1 heterocycles. The van der Waals surface area contributed by atoms with Gasteiger partial charge in [-0.1, -0.05) is 13.3 Å². The van der Waals surface area contributed by atoms with E-state index in [0.717, 1.165) is 12.8 Å². The summed E-state index contributed by atoms with van der Waals surface area (Å²) >= 11 is 0. The minimum Gasteiger partial charge on any atom is -0.393 e. The number of nitrogens with two attached hydrogens (primary N) is 1. The summed E-state index contributed by atoms with van der Waals surface area (Å²) in [6, 6.07) is -0.428. The zero-order valence-corrected chi connectivity index (χ0v) is 9.65. The smallest absolute Gasteiger partial charge is 0.239 e. The molecular formula is C11H22N2O2. The van der Waals surface area contributed by atoms with Crippen LogP contribution in [0.3, 0.4) is 0 Å². The zero-order chi connectivity index (χ0) is 11.4. The van der Waals surface area contributed by atoms with Crippen LogP contribution in [0.25, 0.3) is 0 Å². The van der Waals surface area contributed by atoms with E-state index in [0.29, 0.717) is 19.5 Å². The van der Waals surface area contributed by atoms with Gasteiger partial charge in [-0.15, -0.1) is 0 Å². The zero-order valence-electron chi connectivity index (χ0n) is 9.65. The largest absolute Gasteiger partial charge is 0.393 e. The monoisotopic (exact) mass is 214 g/mol. The summed E-state index contributed by atoms with van der Waals surface area (Å²) in [5.41, 5.74) is 5.57. The van der Waals surface area contributed by atoms with Gasteiger partial charge in [0, 0.05) is 19.0 Å². The molecule has 15 heavy (non-hydrogen) atoms. The summed E-state index contributed by atoms with van der Waals surface area (Å²) in [6.45, 7) is 5.11. The first-order valence-electron chi connectivity index (χ1n) is 5.78. The van der Waals surface area contributed by atoms with Crippen LogP contribution in [0.4, 0.5) is 0 Å². The highest BCUT2D eigenvalue weighted by Gasteiger charge is 2.30. The van der Waals surface area contributed by atoms with E-state index in [4.69, 9.17) is 5.73 Å². The number of likely N-dealkylation sites (tertiary alicyclic amines) is 1. The molecule has 0 bridgehead atoms. The molecule has 1 aliphatic rings. The van der Waals surface area contributed by atoms with Gasteiger partial charge < -0.3 is 15.7 Å². The molecule has 1 rings (SSSR count). The Morgan fingerprint density at radius 1 is 1.67 bits per heavy atom. The van der Waals surface area contributed by atoms with Crippen LogP contribution in [0.5, 0.6) is 0 Å². The molecule has 0 saturated carbocycles. The fourth-order valence-corrected chi connectivity index (χ4v) is 2.16.